The van der Waals surface area contributed by atoms with Gasteiger partial charge in [0, 0.05) is 24.7 Å². The highest BCUT2D eigenvalue weighted by Crippen LogP contribution is 2.19. The van der Waals surface area contributed by atoms with E-state index < -0.39 is 20.7 Å². The van der Waals surface area contributed by atoms with Gasteiger partial charge in [-0.15, -0.1) is 0 Å². The van der Waals surface area contributed by atoms with E-state index in [1.807, 2.05) is 4.72 Å². The smallest absolute Gasteiger partial charge is 0.253 e. The van der Waals surface area contributed by atoms with Crippen molar-refractivity contribution in [2.45, 2.75) is 23.8 Å². The number of hydrogen-bond donors (Lipinski definition) is 2. The van der Waals surface area contributed by atoms with Gasteiger partial charge >= 0.3 is 0 Å². The van der Waals surface area contributed by atoms with Crippen LogP contribution in [0.25, 0.3) is 0 Å². The molecule has 0 radical (unpaired) electrons. The number of nitrogens with one attached hydrogen (secondary N) is 1. The van der Waals surface area contributed by atoms with Crippen LogP contribution >= 0.6 is 0 Å². The van der Waals surface area contributed by atoms with Gasteiger partial charge < -0.3 is 10.6 Å². The quantitative estimate of drug-likeness (QED) is 0.839. The molecule has 116 valence electrons. The van der Waals surface area contributed by atoms with Crippen molar-refractivity contribution in [1.29, 1.82) is 0 Å². The molecule has 0 aromatic heterocycles. The summed E-state index contributed by atoms with van der Waals surface area (Å²) in [6.07, 6.45) is 1.66. The third kappa shape index (κ3) is 3.39. The Balaban J connectivity index is 2.32. The maximum atomic E-state index is 13.7. The Kier molecular flexibility index (Phi) is 4.60. The second kappa shape index (κ2) is 6.08. The minimum absolute atomic E-state index is 0.0799. The Morgan fingerprint density at radius 2 is 2.19 bits per heavy atom. The molecule has 1 fully saturated rings. The first-order valence-electron chi connectivity index (χ1n) is 6.63. The predicted molar refractivity (Wildman–Crippen MR) is 75.8 cm³/mol. The lowest BCUT2D eigenvalue weighted by atomic mass is 10.1. The lowest BCUT2D eigenvalue weighted by Crippen LogP contribution is -2.45. The van der Waals surface area contributed by atoms with Crippen LogP contribution in [0.15, 0.2) is 23.1 Å². The van der Waals surface area contributed by atoms with Crippen LogP contribution in [0.5, 0.6) is 0 Å². The molecule has 1 aliphatic rings. The van der Waals surface area contributed by atoms with Crippen LogP contribution in [0.4, 0.5) is 4.39 Å². The summed E-state index contributed by atoms with van der Waals surface area (Å²) in [6.45, 7) is 0.988. The summed E-state index contributed by atoms with van der Waals surface area (Å²) in [6, 6.07) is 3.25. The van der Waals surface area contributed by atoms with Gasteiger partial charge in [0.1, 0.15) is 10.7 Å². The number of halogens is 1. The number of piperidine rings is 1. The van der Waals surface area contributed by atoms with E-state index in [1.54, 1.807) is 4.90 Å². The lowest BCUT2D eigenvalue weighted by Gasteiger charge is -2.30. The predicted octanol–water partition coefficient (Wildman–Crippen LogP) is 0.297. The van der Waals surface area contributed by atoms with Crippen LogP contribution in [0.3, 0.4) is 0 Å². The summed E-state index contributed by atoms with van der Waals surface area (Å²) >= 11 is 0. The van der Waals surface area contributed by atoms with Crippen molar-refractivity contribution in [2.24, 2.45) is 5.73 Å². The van der Waals surface area contributed by atoms with Crippen molar-refractivity contribution >= 4 is 15.9 Å². The molecule has 1 aromatic rings. The zero-order chi connectivity index (χ0) is 15.6. The van der Waals surface area contributed by atoms with Crippen LogP contribution in [0.2, 0.25) is 0 Å². The van der Waals surface area contributed by atoms with Gasteiger partial charge in [0.25, 0.3) is 5.91 Å². The number of rotatable bonds is 3. The minimum atomic E-state index is -3.95. The molecule has 1 unspecified atom stereocenters. The van der Waals surface area contributed by atoms with Crippen molar-refractivity contribution in [1.82, 2.24) is 9.62 Å². The van der Waals surface area contributed by atoms with E-state index in [9.17, 15) is 17.6 Å². The first-order valence-corrected chi connectivity index (χ1v) is 8.11. The highest BCUT2D eigenvalue weighted by atomic mass is 32.2. The number of amides is 1. The average molecular weight is 315 g/mol. The second-order valence-electron chi connectivity index (χ2n) is 5.01. The molecule has 0 spiro atoms. The second-order valence-corrected chi connectivity index (χ2v) is 6.86. The van der Waals surface area contributed by atoms with E-state index in [2.05, 4.69) is 0 Å². The molecule has 0 bridgehead atoms. The van der Waals surface area contributed by atoms with Gasteiger partial charge in [0.15, 0.2) is 0 Å². The fourth-order valence-corrected chi connectivity index (χ4v) is 3.16. The zero-order valence-electron chi connectivity index (χ0n) is 11.7. The first-order chi connectivity index (χ1) is 9.85. The Morgan fingerprint density at radius 3 is 2.81 bits per heavy atom. The number of nitrogens with two attached hydrogens (primary N) is 1. The van der Waals surface area contributed by atoms with Crippen LogP contribution < -0.4 is 10.5 Å². The van der Waals surface area contributed by atoms with Gasteiger partial charge in [-0.25, -0.2) is 17.5 Å². The van der Waals surface area contributed by atoms with Crippen LogP contribution in [0.1, 0.15) is 23.2 Å². The number of likely N-dealkylation sites (tertiary alicyclic amines) is 1. The number of carbonyl (C=O) groups excluding carboxylic acids is 1. The summed E-state index contributed by atoms with van der Waals surface area (Å²) in [5.74, 6) is -1.23. The standard InChI is InChI=1S/C13H18FN3O3S/c1-16-21(19,20)12-7-9(4-5-11(12)14)13(18)17-6-2-3-10(15)8-17/h4-5,7,10,16H,2-3,6,8,15H2,1H3. The summed E-state index contributed by atoms with van der Waals surface area (Å²) in [4.78, 5) is 13.4. The molecule has 1 atom stereocenters. The number of carbonyl (C=O) groups is 1. The highest BCUT2D eigenvalue weighted by molar-refractivity contribution is 7.89. The third-order valence-corrected chi connectivity index (χ3v) is 4.91. The molecule has 1 aliphatic heterocycles. The van der Waals surface area contributed by atoms with Gasteiger partial charge in [0.2, 0.25) is 10.0 Å². The molecule has 1 amide bonds. The lowest BCUT2D eigenvalue weighted by molar-refractivity contribution is 0.0708. The molecular weight excluding hydrogens is 297 g/mol. The van der Waals surface area contributed by atoms with Crippen LogP contribution in [-0.2, 0) is 10.0 Å². The van der Waals surface area contributed by atoms with E-state index in [0.717, 1.165) is 25.0 Å². The van der Waals surface area contributed by atoms with Crippen molar-refractivity contribution in [3.8, 4) is 0 Å². The normalized spacial score (nSPS) is 19.6. The number of benzene rings is 1. The van der Waals surface area contributed by atoms with Crippen molar-refractivity contribution in [3.63, 3.8) is 0 Å². The Bertz CT molecular complexity index is 648. The molecule has 1 saturated heterocycles. The number of hydrogen-bond acceptors (Lipinski definition) is 4. The van der Waals surface area contributed by atoms with Gasteiger partial charge in [-0.05, 0) is 38.1 Å². The maximum absolute atomic E-state index is 13.7. The van der Waals surface area contributed by atoms with Gasteiger partial charge in [-0.3, -0.25) is 4.79 Å². The zero-order valence-corrected chi connectivity index (χ0v) is 12.5. The Morgan fingerprint density at radius 1 is 1.48 bits per heavy atom. The monoisotopic (exact) mass is 315 g/mol. The largest absolute Gasteiger partial charge is 0.337 e. The first kappa shape index (κ1) is 15.9. The number of nitrogens with zero attached hydrogens (tertiary/aromatic N) is 1. The van der Waals surface area contributed by atoms with E-state index in [0.29, 0.717) is 13.1 Å². The van der Waals surface area contributed by atoms with E-state index in [-0.39, 0.29) is 17.5 Å². The maximum Gasteiger partial charge on any atom is 0.253 e. The molecule has 1 aromatic carbocycles. The molecule has 8 heteroatoms. The van der Waals surface area contributed by atoms with Crippen LogP contribution in [-0.4, -0.2) is 45.4 Å². The van der Waals surface area contributed by atoms with Crippen molar-refractivity contribution in [2.75, 3.05) is 20.1 Å². The van der Waals surface area contributed by atoms with Crippen LogP contribution in [0, 0.1) is 5.82 Å². The summed E-state index contributed by atoms with van der Waals surface area (Å²) in [5.41, 5.74) is 5.96. The van der Waals surface area contributed by atoms with Gasteiger partial charge in [-0.2, -0.15) is 0 Å². The fraction of sp³-hybridized carbons (Fsp3) is 0.462. The summed E-state index contributed by atoms with van der Waals surface area (Å²) < 4.78 is 39.2. The topological polar surface area (TPSA) is 92.5 Å². The number of sulfonamides is 1. The molecule has 0 saturated carbocycles. The van der Waals surface area contributed by atoms with E-state index in [4.69, 9.17) is 5.73 Å². The fourth-order valence-electron chi connectivity index (χ4n) is 2.33. The molecule has 0 aliphatic carbocycles. The summed E-state index contributed by atoms with van der Waals surface area (Å²) in [5, 5.41) is 0. The van der Waals surface area contributed by atoms with Crippen molar-refractivity contribution < 1.29 is 17.6 Å². The molecule has 1 heterocycles. The van der Waals surface area contributed by atoms with Crippen molar-refractivity contribution in [3.05, 3.63) is 29.6 Å². The Labute approximate surface area is 123 Å². The highest BCUT2D eigenvalue weighted by Gasteiger charge is 2.25. The molecule has 21 heavy (non-hydrogen) atoms. The van der Waals surface area contributed by atoms with Gasteiger partial charge in [0.05, 0.1) is 0 Å². The summed E-state index contributed by atoms with van der Waals surface area (Å²) in [7, 11) is -2.76. The third-order valence-electron chi connectivity index (χ3n) is 3.48. The molecular formula is C13H18FN3O3S. The minimum Gasteiger partial charge on any atom is -0.337 e. The average Bonchev–Trinajstić information content (AvgIpc) is 2.47. The molecule has 2 rings (SSSR count). The Hall–Kier alpha value is -1.51. The molecule has 3 N–H and O–H groups in total. The van der Waals surface area contributed by atoms with E-state index in [1.165, 1.54) is 13.1 Å². The van der Waals surface area contributed by atoms with E-state index >= 15 is 0 Å². The van der Waals surface area contributed by atoms with Gasteiger partial charge in [-0.1, -0.05) is 0 Å². The molecule has 6 nitrogen and oxygen atoms in total. The SMILES string of the molecule is CNS(=O)(=O)c1cc(C(=O)N2CCCC(N)C2)ccc1F.